The van der Waals surface area contributed by atoms with Crippen LogP contribution in [0, 0.1) is 6.92 Å². The van der Waals surface area contributed by atoms with Crippen molar-refractivity contribution in [3.8, 4) is 0 Å². The minimum absolute atomic E-state index is 0.0605. The second kappa shape index (κ2) is 10.6. The van der Waals surface area contributed by atoms with Crippen LogP contribution in [0.2, 0.25) is 0 Å². The van der Waals surface area contributed by atoms with Gasteiger partial charge in [-0.1, -0.05) is 36.4 Å². The SMILES string of the molecule is CCN(Cc1ccc(C(=O)N(C)C)cc1)C(=O)c1ccc(C)c(NC(=O)c2ccccc2)c1. The summed E-state index contributed by atoms with van der Waals surface area (Å²) in [6.07, 6.45) is 0. The summed E-state index contributed by atoms with van der Waals surface area (Å²) in [5.74, 6) is -0.404. The number of nitrogens with one attached hydrogen (secondary N) is 1. The van der Waals surface area contributed by atoms with Crippen molar-refractivity contribution in [2.75, 3.05) is 26.0 Å². The lowest BCUT2D eigenvalue weighted by Crippen LogP contribution is -2.30. The van der Waals surface area contributed by atoms with Crippen molar-refractivity contribution in [1.82, 2.24) is 9.80 Å². The molecule has 0 aromatic heterocycles. The molecular weight excluding hydrogens is 414 g/mol. The number of carbonyl (C=O) groups is 3. The molecule has 3 rings (SSSR count). The van der Waals surface area contributed by atoms with Crippen LogP contribution in [0.1, 0.15) is 49.1 Å². The molecule has 0 saturated heterocycles. The molecule has 6 heteroatoms. The summed E-state index contributed by atoms with van der Waals surface area (Å²) in [7, 11) is 3.43. The lowest BCUT2D eigenvalue weighted by molar-refractivity contribution is 0.0751. The van der Waals surface area contributed by atoms with Crippen molar-refractivity contribution in [2.24, 2.45) is 0 Å². The van der Waals surface area contributed by atoms with E-state index in [1.807, 2.05) is 50.2 Å². The number of nitrogens with zero attached hydrogens (tertiary/aromatic N) is 2. The minimum Gasteiger partial charge on any atom is -0.345 e. The first kappa shape index (κ1) is 23.7. The van der Waals surface area contributed by atoms with Gasteiger partial charge in [0.2, 0.25) is 0 Å². The predicted octanol–water partition coefficient (Wildman–Crippen LogP) is 4.61. The maximum atomic E-state index is 13.2. The van der Waals surface area contributed by atoms with E-state index in [0.29, 0.717) is 35.5 Å². The number of amides is 3. The summed E-state index contributed by atoms with van der Waals surface area (Å²) in [6, 6.07) is 21.6. The molecule has 0 heterocycles. The maximum absolute atomic E-state index is 13.2. The van der Waals surface area contributed by atoms with Gasteiger partial charge in [0, 0.05) is 49.6 Å². The maximum Gasteiger partial charge on any atom is 0.255 e. The van der Waals surface area contributed by atoms with E-state index in [2.05, 4.69) is 5.32 Å². The van der Waals surface area contributed by atoms with Crippen LogP contribution in [0.3, 0.4) is 0 Å². The second-order valence-corrected chi connectivity index (χ2v) is 8.07. The zero-order valence-electron chi connectivity index (χ0n) is 19.5. The first-order chi connectivity index (χ1) is 15.8. The van der Waals surface area contributed by atoms with Gasteiger partial charge in [0.1, 0.15) is 0 Å². The molecule has 0 unspecified atom stereocenters. The Kier molecular flexibility index (Phi) is 7.61. The fraction of sp³-hybridized carbons (Fsp3) is 0.222. The quantitative estimate of drug-likeness (QED) is 0.580. The smallest absolute Gasteiger partial charge is 0.255 e. The fourth-order valence-corrected chi connectivity index (χ4v) is 3.41. The molecule has 3 aromatic rings. The van der Waals surface area contributed by atoms with E-state index in [4.69, 9.17) is 0 Å². The van der Waals surface area contributed by atoms with Gasteiger partial charge in [0.05, 0.1) is 0 Å². The molecule has 0 fully saturated rings. The molecule has 0 spiro atoms. The number of benzene rings is 3. The average Bonchev–Trinajstić information content (AvgIpc) is 2.83. The van der Waals surface area contributed by atoms with E-state index in [-0.39, 0.29) is 17.7 Å². The monoisotopic (exact) mass is 443 g/mol. The van der Waals surface area contributed by atoms with Crippen LogP contribution in [-0.2, 0) is 6.54 Å². The van der Waals surface area contributed by atoms with Gasteiger partial charge >= 0.3 is 0 Å². The number of carbonyl (C=O) groups excluding carboxylic acids is 3. The molecule has 3 aromatic carbocycles. The van der Waals surface area contributed by atoms with Crippen molar-refractivity contribution in [3.63, 3.8) is 0 Å². The molecule has 3 amide bonds. The van der Waals surface area contributed by atoms with E-state index in [1.54, 1.807) is 55.4 Å². The topological polar surface area (TPSA) is 69.7 Å². The largest absolute Gasteiger partial charge is 0.345 e. The Balaban J connectivity index is 1.75. The van der Waals surface area contributed by atoms with Gasteiger partial charge in [-0.25, -0.2) is 0 Å². The van der Waals surface area contributed by atoms with Gasteiger partial charge < -0.3 is 15.1 Å². The summed E-state index contributed by atoms with van der Waals surface area (Å²) in [4.78, 5) is 41.1. The van der Waals surface area contributed by atoms with Crippen LogP contribution >= 0.6 is 0 Å². The Morgan fingerprint density at radius 1 is 0.788 bits per heavy atom. The van der Waals surface area contributed by atoms with Gasteiger partial charge in [-0.2, -0.15) is 0 Å². The molecule has 6 nitrogen and oxygen atoms in total. The molecule has 0 atom stereocenters. The number of rotatable bonds is 7. The van der Waals surface area contributed by atoms with Gasteiger partial charge in [-0.05, 0) is 61.4 Å². The third-order valence-electron chi connectivity index (χ3n) is 5.42. The van der Waals surface area contributed by atoms with Gasteiger partial charge in [-0.3, -0.25) is 14.4 Å². The number of aryl methyl sites for hydroxylation is 1. The lowest BCUT2D eigenvalue weighted by atomic mass is 10.1. The molecule has 0 aliphatic rings. The van der Waals surface area contributed by atoms with E-state index >= 15 is 0 Å². The minimum atomic E-state index is -0.219. The van der Waals surface area contributed by atoms with Crippen molar-refractivity contribution in [1.29, 1.82) is 0 Å². The summed E-state index contributed by atoms with van der Waals surface area (Å²) in [5, 5.41) is 2.91. The van der Waals surface area contributed by atoms with E-state index in [0.717, 1.165) is 11.1 Å². The Bertz CT molecular complexity index is 1140. The third-order valence-corrected chi connectivity index (χ3v) is 5.42. The van der Waals surface area contributed by atoms with E-state index < -0.39 is 0 Å². The van der Waals surface area contributed by atoms with Crippen LogP contribution in [0.4, 0.5) is 5.69 Å². The number of hydrogen-bond acceptors (Lipinski definition) is 3. The second-order valence-electron chi connectivity index (χ2n) is 8.07. The molecular formula is C27H29N3O3. The van der Waals surface area contributed by atoms with E-state index in [9.17, 15) is 14.4 Å². The van der Waals surface area contributed by atoms with Crippen molar-refractivity contribution < 1.29 is 14.4 Å². The Labute approximate surface area is 194 Å². The Hall–Kier alpha value is -3.93. The number of anilines is 1. The Morgan fingerprint density at radius 2 is 1.42 bits per heavy atom. The molecule has 33 heavy (non-hydrogen) atoms. The summed E-state index contributed by atoms with van der Waals surface area (Å²) >= 11 is 0. The number of hydrogen-bond donors (Lipinski definition) is 1. The molecule has 0 aliphatic heterocycles. The van der Waals surface area contributed by atoms with Crippen LogP contribution in [0.5, 0.6) is 0 Å². The lowest BCUT2D eigenvalue weighted by Gasteiger charge is -2.22. The van der Waals surface area contributed by atoms with Crippen molar-refractivity contribution >= 4 is 23.4 Å². The molecule has 0 aliphatic carbocycles. The van der Waals surface area contributed by atoms with Gasteiger partial charge in [-0.15, -0.1) is 0 Å². The summed E-state index contributed by atoms with van der Waals surface area (Å²) in [5.41, 5.74) is 4.09. The first-order valence-electron chi connectivity index (χ1n) is 10.9. The first-order valence-corrected chi connectivity index (χ1v) is 10.9. The molecule has 1 N–H and O–H groups in total. The zero-order valence-corrected chi connectivity index (χ0v) is 19.5. The highest BCUT2D eigenvalue weighted by Crippen LogP contribution is 2.20. The van der Waals surface area contributed by atoms with Crippen molar-refractivity contribution in [3.05, 3.63) is 101 Å². The predicted molar refractivity (Wildman–Crippen MR) is 130 cm³/mol. The standard InChI is InChI=1S/C27H29N3O3/c1-5-30(18-20-12-15-22(16-13-20)26(32)29(3)4)27(33)23-14-11-19(2)24(17-23)28-25(31)21-9-7-6-8-10-21/h6-17H,5,18H2,1-4H3,(H,28,31). The zero-order chi connectivity index (χ0) is 24.0. The molecule has 170 valence electrons. The van der Waals surface area contributed by atoms with Crippen LogP contribution < -0.4 is 5.32 Å². The van der Waals surface area contributed by atoms with Crippen molar-refractivity contribution in [2.45, 2.75) is 20.4 Å². The molecule has 0 saturated carbocycles. The third kappa shape index (κ3) is 5.86. The van der Waals surface area contributed by atoms with E-state index in [1.165, 1.54) is 4.90 Å². The van der Waals surface area contributed by atoms with Gasteiger partial charge in [0.15, 0.2) is 0 Å². The van der Waals surface area contributed by atoms with Crippen LogP contribution in [0.25, 0.3) is 0 Å². The highest BCUT2D eigenvalue weighted by Gasteiger charge is 2.17. The fourth-order valence-electron chi connectivity index (χ4n) is 3.41. The highest BCUT2D eigenvalue weighted by atomic mass is 16.2. The normalized spacial score (nSPS) is 10.4. The Morgan fingerprint density at radius 3 is 2.03 bits per heavy atom. The molecule has 0 radical (unpaired) electrons. The highest BCUT2D eigenvalue weighted by molar-refractivity contribution is 6.05. The van der Waals surface area contributed by atoms with Gasteiger partial charge in [0.25, 0.3) is 17.7 Å². The summed E-state index contributed by atoms with van der Waals surface area (Å²) < 4.78 is 0. The van der Waals surface area contributed by atoms with Crippen LogP contribution in [-0.4, -0.2) is 48.2 Å². The average molecular weight is 444 g/mol. The van der Waals surface area contributed by atoms with Crippen LogP contribution in [0.15, 0.2) is 72.8 Å². The summed E-state index contributed by atoms with van der Waals surface area (Å²) in [6.45, 7) is 4.76. The molecule has 0 bridgehead atoms.